The lowest BCUT2D eigenvalue weighted by molar-refractivity contribution is -0.155. The molecule has 1 aliphatic heterocycles. The summed E-state index contributed by atoms with van der Waals surface area (Å²) in [6, 6.07) is 5.25. The van der Waals surface area contributed by atoms with Crippen molar-refractivity contribution >= 4 is 11.9 Å². The quantitative estimate of drug-likeness (QED) is 0.801. The second kappa shape index (κ2) is 7.29. The minimum absolute atomic E-state index is 0.0595. The van der Waals surface area contributed by atoms with Crippen molar-refractivity contribution in [3.05, 3.63) is 29.3 Å². The van der Waals surface area contributed by atoms with Crippen molar-refractivity contribution < 1.29 is 19.1 Å². The fourth-order valence-corrected chi connectivity index (χ4v) is 2.64. The van der Waals surface area contributed by atoms with Crippen LogP contribution in [0.1, 0.15) is 30.4 Å². The van der Waals surface area contributed by atoms with Crippen molar-refractivity contribution in [3.63, 3.8) is 0 Å². The molecule has 22 heavy (non-hydrogen) atoms. The van der Waals surface area contributed by atoms with E-state index < -0.39 is 6.04 Å². The van der Waals surface area contributed by atoms with Crippen LogP contribution in [0.3, 0.4) is 0 Å². The van der Waals surface area contributed by atoms with Gasteiger partial charge in [0.1, 0.15) is 11.8 Å². The van der Waals surface area contributed by atoms with E-state index in [0.717, 1.165) is 18.4 Å². The number of hydrogen-bond acceptors (Lipinski definition) is 4. The van der Waals surface area contributed by atoms with E-state index in [4.69, 9.17) is 9.47 Å². The normalized spacial score (nSPS) is 18.0. The topological polar surface area (TPSA) is 55.8 Å². The maximum Gasteiger partial charge on any atom is 0.328 e. The first-order valence-electron chi connectivity index (χ1n) is 7.60. The lowest BCUT2D eigenvalue weighted by Crippen LogP contribution is -2.50. The van der Waals surface area contributed by atoms with E-state index in [1.165, 1.54) is 12.7 Å². The Labute approximate surface area is 131 Å². The third kappa shape index (κ3) is 3.78. The molecule has 0 radical (unpaired) electrons. The number of aryl methyl sites for hydroxylation is 2. The Balaban J connectivity index is 1.97. The molecule has 1 fully saturated rings. The predicted molar refractivity (Wildman–Crippen MR) is 82.8 cm³/mol. The summed E-state index contributed by atoms with van der Waals surface area (Å²) in [5, 5.41) is 0. The number of amides is 1. The molecule has 2 rings (SSSR count). The maximum absolute atomic E-state index is 12.3. The molecular weight excluding hydrogens is 282 g/mol. The number of carbonyl (C=O) groups excluding carboxylic acids is 2. The number of likely N-dealkylation sites (tertiary alicyclic amines) is 1. The molecule has 1 aromatic carbocycles. The molecule has 0 aromatic heterocycles. The molecule has 1 saturated heterocycles. The Kier molecular flexibility index (Phi) is 5.41. The van der Waals surface area contributed by atoms with Crippen LogP contribution in [0.4, 0.5) is 0 Å². The smallest absolute Gasteiger partial charge is 0.328 e. The van der Waals surface area contributed by atoms with E-state index in [2.05, 4.69) is 0 Å². The van der Waals surface area contributed by atoms with Gasteiger partial charge in [-0.05, 0) is 56.4 Å². The van der Waals surface area contributed by atoms with Crippen molar-refractivity contribution in [2.45, 2.75) is 39.2 Å². The van der Waals surface area contributed by atoms with Gasteiger partial charge in [-0.25, -0.2) is 4.79 Å². The summed E-state index contributed by atoms with van der Waals surface area (Å²) in [5.74, 6) is 0.149. The molecule has 0 N–H and O–H groups in total. The molecule has 0 bridgehead atoms. The second-order valence-electron chi connectivity index (χ2n) is 5.66. The lowest BCUT2D eigenvalue weighted by atomic mass is 10.0. The average Bonchev–Trinajstić information content (AvgIpc) is 2.55. The van der Waals surface area contributed by atoms with Gasteiger partial charge in [0.2, 0.25) is 0 Å². The fourth-order valence-electron chi connectivity index (χ4n) is 2.64. The molecule has 0 spiro atoms. The first-order chi connectivity index (χ1) is 10.5. The molecular formula is C17H23NO4. The van der Waals surface area contributed by atoms with E-state index in [0.29, 0.717) is 18.7 Å². The van der Waals surface area contributed by atoms with Crippen molar-refractivity contribution in [2.24, 2.45) is 0 Å². The Hall–Kier alpha value is -2.04. The van der Waals surface area contributed by atoms with Crippen LogP contribution in [0.15, 0.2) is 18.2 Å². The van der Waals surface area contributed by atoms with Crippen LogP contribution in [0.5, 0.6) is 5.75 Å². The third-order valence-corrected chi connectivity index (χ3v) is 4.14. The van der Waals surface area contributed by atoms with Gasteiger partial charge in [-0.1, -0.05) is 6.07 Å². The second-order valence-corrected chi connectivity index (χ2v) is 5.66. The van der Waals surface area contributed by atoms with Gasteiger partial charge in [0, 0.05) is 6.54 Å². The monoisotopic (exact) mass is 305 g/mol. The van der Waals surface area contributed by atoms with E-state index in [9.17, 15) is 9.59 Å². The highest BCUT2D eigenvalue weighted by atomic mass is 16.5. The minimum Gasteiger partial charge on any atom is -0.484 e. The Bertz CT molecular complexity index is 556. The SMILES string of the molecule is COC(=O)C1CCCCN1C(=O)COc1ccc(C)c(C)c1. The van der Waals surface area contributed by atoms with Crippen LogP contribution in [-0.2, 0) is 14.3 Å². The van der Waals surface area contributed by atoms with Crippen LogP contribution >= 0.6 is 0 Å². The fraction of sp³-hybridized carbons (Fsp3) is 0.529. The molecule has 1 amide bonds. The largest absolute Gasteiger partial charge is 0.484 e. The Morgan fingerprint density at radius 2 is 2.00 bits per heavy atom. The molecule has 1 heterocycles. The molecule has 0 aliphatic carbocycles. The van der Waals surface area contributed by atoms with Crippen molar-refractivity contribution in [2.75, 3.05) is 20.3 Å². The number of piperidine rings is 1. The molecule has 5 nitrogen and oxygen atoms in total. The molecule has 1 atom stereocenters. The average molecular weight is 305 g/mol. The van der Waals surface area contributed by atoms with Gasteiger partial charge in [0.05, 0.1) is 7.11 Å². The van der Waals surface area contributed by atoms with Gasteiger partial charge in [0.15, 0.2) is 6.61 Å². The van der Waals surface area contributed by atoms with Crippen molar-refractivity contribution in [3.8, 4) is 5.75 Å². The van der Waals surface area contributed by atoms with E-state index >= 15 is 0 Å². The standard InChI is InChI=1S/C17H23NO4/c1-12-7-8-14(10-13(12)2)22-11-16(19)18-9-5-4-6-15(18)17(20)21-3/h7-8,10,15H,4-6,9,11H2,1-3H3. The summed E-state index contributed by atoms with van der Waals surface area (Å²) < 4.78 is 10.4. The van der Waals surface area contributed by atoms with Gasteiger partial charge in [0.25, 0.3) is 5.91 Å². The van der Waals surface area contributed by atoms with E-state index in [1.54, 1.807) is 4.90 Å². The molecule has 120 valence electrons. The lowest BCUT2D eigenvalue weighted by Gasteiger charge is -2.33. The molecule has 1 aromatic rings. The zero-order valence-corrected chi connectivity index (χ0v) is 13.4. The van der Waals surface area contributed by atoms with E-state index in [1.807, 2.05) is 32.0 Å². The summed E-state index contributed by atoms with van der Waals surface area (Å²) in [6.45, 7) is 4.55. The summed E-state index contributed by atoms with van der Waals surface area (Å²) >= 11 is 0. The number of carbonyl (C=O) groups is 2. The first-order valence-corrected chi connectivity index (χ1v) is 7.60. The van der Waals surface area contributed by atoms with Crippen LogP contribution in [0.2, 0.25) is 0 Å². The Morgan fingerprint density at radius 3 is 2.68 bits per heavy atom. The molecule has 0 saturated carbocycles. The van der Waals surface area contributed by atoms with Crippen molar-refractivity contribution in [1.82, 2.24) is 4.90 Å². The van der Waals surface area contributed by atoms with Gasteiger partial charge >= 0.3 is 5.97 Å². The number of nitrogens with zero attached hydrogens (tertiary/aromatic N) is 1. The summed E-state index contributed by atoms with van der Waals surface area (Å²) in [6.07, 6.45) is 2.49. The highest BCUT2D eigenvalue weighted by Crippen LogP contribution is 2.20. The van der Waals surface area contributed by atoms with Crippen LogP contribution in [0, 0.1) is 13.8 Å². The van der Waals surface area contributed by atoms with Crippen molar-refractivity contribution in [1.29, 1.82) is 0 Å². The van der Waals surface area contributed by atoms with Gasteiger partial charge in [-0.3, -0.25) is 4.79 Å². The minimum atomic E-state index is -0.477. The maximum atomic E-state index is 12.3. The number of benzene rings is 1. The van der Waals surface area contributed by atoms with Crippen LogP contribution in [-0.4, -0.2) is 43.1 Å². The third-order valence-electron chi connectivity index (χ3n) is 4.14. The number of methoxy groups -OCH3 is 1. The van der Waals surface area contributed by atoms with Crippen LogP contribution < -0.4 is 4.74 Å². The number of hydrogen-bond donors (Lipinski definition) is 0. The molecule has 1 unspecified atom stereocenters. The number of ether oxygens (including phenoxy) is 2. The highest BCUT2D eigenvalue weighted by molar-refractivity contribution is 5.85. The van der Waals surface area contributed by atoms with Gasteiger partial charge in [-0.15, -0.1) is 0 Å². The molecule has 5 heteroatoms. The zero-order chi connectivity index (χ0) is 16.1. The van der Waals surface area contributed by atoms with Gasteiger partial charge in [-0.2, -0.15) is 0 Å². The number of rotatable bonds is 4. The Morgan fingerprint density at radius 1 is 1.23 bits per heavy atom. The zero-order valence-electron chi connectivity index (χ0n) is 13.4. The summed E-state index contributed by atoms with van der Waals surface area (Å²) in [5.41, 5.74) is 2.30. The molecule has 1 aliphatic rings. The van der Waals surface area contributed by atoms with E-state index in [-0.39, 0.29) is 18.5 Å². The highest BCUT2D eigenvalue weighted by Gasteiger charge is 2.32. The first kappa shape index (κ1) is 16.3. The van der Waals surface area contributed by atoms with Crippen LogP contribution in [0.25, 0.3) is 0 Å². The van der Waals surface area contributed by atoms with Gasteiger partial charge < -0.3 is 14.4 Å². The predicted octanol–water partition coefficient (Wildman–Crippen LogP) is 2.24. The summed E-state index contributed by atoms with van der Waals surface area (Å²) in [7, 11) is 1.35. The summed E-state index contributed by atoms with van der Waals surface area (Å²) in [4.78, 5) is 25.7. The number of esters is 1.